The van der Waals surface area contributed by atoms with Gasteiger partial charge in [-0.15, -0.1) is 11.3 Å². The first kappa shape index (κ1) is 21.7. The van der Waals surface area contributed by atoms with Gasteiger partial charge in [-0.2, -0.15) is 0 Å². The molecule has 0 atom stereocenters. The van der Waals surface area contributed by atoms with E-state index in [0.29, 0.717) is 0 Å². The second kappa shape index (κ2) is 7.75. The van der Waals surface area contributed by atoms with Gasteiger partial charge in [0.15, 0.2) is 0 Å². The lowest BCUT2D eigenvalue weighted by Gasteiger charge is -2.13. The second-order valence-electron chi connectivity index (χ2n) is 11.0. The van der Waals surface area contributed by atoms with Gasteiger partial charge in [0.1, 0.15) is 0 Å². The number of rotatable bonds is 1. The van der Waals surface area contributed by atoms with Crippen molar-refractivity contribution in [3.05, 3.63) is 134 Å². The molecule has 41 heavy (non-hydrogen) atoms. The zero-order chi connectivity index (χ0) is 26.7. The third-order valence-corrected chi connectivity index (χ3v) is 9.99. The summed E-state index contributed by atoms with van der Waals surface area (Å²) in [4.78, 5) is 0. The molecule has 190 valence electrons. The van der Waals surface area contributed by atoms with E-state index in [0.717, 1.165) is 0 Å². The van der Waals surface area contributed by atoms with Crippen molar-refractivity contribution in [2.45, 2.75) is 0 Å². The number of hydrogen-bond donors (Lipinski definition) is 0. The summed E-state index contributed by atoms with van der Waals surface area (Å²) in [6.07, 6.45) is 2.32. The van der Waals surface area contributed by atoms with Gasteiger partial charge in [-0.05, 0) is 42.5 Å². The molecule has 3 heteroatoms. The summed E-state index contributed by atoms with van der Waals surface area (Å²) in [7, 11) is 0. The Labute approximate surface area is 238 Å². The molecule has 0 aliphatic heterocycles. The summed E-state index contributed by atoms with van der Waals surface area (Å²) in [5, 5.41) is 11.8. The van der Waals surface area contributed by atoms with Gasteiger partial charge in [0.2, 0.25) is 0 Å². The van der Waals surface area contributed by atoms with E-state index in [1.165, 1.54) is 85.6 Å². The Bertz CT molecular complexity index is 2690. The van der Waals surface area contributed by atoms with E-state index in [1.807, 2.05) is 11.3 Å². The Balaban J connectivity index is 1.53. The lowest BCUT2D eigenvalue weighted by atomic mass is 9.97. The third-order valence-electron chi connectivity index (χ3n) is 8.86. The number of pyridine rings is 1. The highest BCUT2D eigenvalue weighted by molar-refractivity contribution is 7.25. The number of thiophene rings is 1. The van der Waals surface area contributed by atoms with Gasteiger partial charge in [0.25, 0.3) is 0 Å². The van der Waals surface area contributed by atoms with E-state index in [9.17, 15) is 0 Å². The molecule has 10 aromatic rings. The average molecular weight is 539 g/mol. The number of nitrogens with zero attached hydrogens (tertiary/aromatic N) is 2. The van der Waals surface area contributed by atoms with E-state index < -0.39 is 0 Å². The standard InChI is InChI=1S/C38H22N2S/c1-2-11-24(12-3-1)40-31-16-8-6-15-27(31)37-32(40)19-18-28-36(37)30-21-35-29(26-14-7-9-17-34(26)41-35)20-33(30)39-22-23-10-4-5-13-25(23)38(28)39/h1-22H. The monoisotopic (exact) mass is 538 g/mol. The van der Waals surface area contributed by atoms with Gasteiger partial charge >= 0.3 is 0 Å². The van der Waals surface area contributed by atoms with Crippen molar-refractivity contribution in [1.29, 1.82) is 0 Å². The Hall–Kier alpha value is -5.12. The topological polar surface area (TPSA) is 9.34 Å². The molecule has 10 rings (SSSR count). The molecule has 4 heterocycles. The first-order chi connectivity index (χ1) is 20.3. The zero-order valence-corrected chi connectivity index (χ0v) is 22.8. The Morgan fingerprint density at radius 2 is 1.20 bits per heavy atom. The predicted molar refractivity (Wildman–Crippen MR) is 177 cm³/mol. The van der Waals surface area contributed by atoms with Gasteiger partial charge in [0, 0.05) is 69.8 Å². The van der Waals surface area contributed by atoms with Gasteiger partial charge in [-0.1, -0.05) is 84.9 Å². The van der Waals surface area contributed by atoms with Crippen molar-refractivity contribution in [3.8, 4) is 5.69 Å². The fourth-order valence-corrected chi connectivity index (χ4v) is 8.30. The van der Waals surface area contributed by atoms with Crippen LogP contribution in [0, 0.1) is 0 Å². The van der Waals surface area contributed by atoms with Crippen LogP contribution in [0.1, 0.15) is 0 Å². The van der Waals surface area contributed by atoms with Crippen molar-refractivity contribution in [2.75, 3.05) is 0 Å². The maximum atomic E-state index is 2.45. The molecule has 0 aliphatic rings. The molecule has 6 aromatic carbocycles. The van der Waals surface area contributed by atoms with Crippen LogP contribution in [0.5, 0.6) is 0 Å². The Morgan fingerprint density at radius 1 is 0.439 bits per heavy atom. The van der Waals surface area contributed by atoms with E-state index >= 15 is 0 Å². The van der Waals surface area contributed by atoms with Crippen LogP contribution < -0.4 is 0 Å². The minimum Gasteiger partial charge on any atom is -0.315 e. The largest absolute Gasteiger partial charge is 0.315 e. The Kier molecular flexibility index (Phi) is 4.10. The van der Waals surface area contributed by atoms with Crippen LogP contribution in [0.25, 0.3) is 85.6 Å². The molecule has 0 fully saturated rings. The number of aromatic nitrogens is 2. The summed E-state index contributed by atoms with van der Waals surface area (Å²) < 4.78 is 7.53. The van der Waals surface area contributed by atoms with E-state index in [4.69, 9.17) is 0 Å². The second-order valence-corrected chi connectivity index (χ2v) is 12.1. The van der Waals surface area contributed by atoms with Crippen molar-refractivity contribution in [3.63, 3.8) is 0 Å². The average Bonchev–Trinajstić information content (AvgIpc) is 3.70. The van der Waals surface area contributed by atoms with E-state index in [-0.39, 0.29) is 0 Å². The summed E-state index contributed by atoms with van der Waals surface area (Å²) in [5.41, 5.74) is 6.19. The lowest BCUT2D eigenvalue weighted by molar-refractivity contribution is 1.18. The molecule has 0 unspecified atom stereocenters. The molecule has 0 amide bonds. The molecule has 0 spiro atoms. The first-order valence-corrected chi connectivity index (χ1v) is 14.8. The molecule has 0 saturated heterocycles. The van der Waals surface area contributed by atoms with Crippen LogP contribution in [0.4, 0.5) is 0 Å². The number of hydrogen-bond acceptors (Lipinski definition) is 1. The molecule has 0 radical (unpaired) electrons. The van der Waals surface area contributed by atoms with Crippen LogP contribution in [0.2, 0.25) is 0 Å². The summed E-state index contributed by atoms with van der Waals surface area (Å²) in [6, 6.07) is 46.8. The van der Waals surface area contributed by atoms with Crippen molar-refractivity contribution < 1.29 is 0 Å². The minimum atomic E-state index is 1.18. The fraction of sp³-hybridized carbons (Fsp3) is 0. The smallest absolute Gasteiger partial charge is 0.0613 e. The molecule has 0 N–H and O–H groups in total. The maximum absolute atomic E-state index is 2.45. The number of fused-ring (bicyclic) bond motifs is 15. The van der Waals surface area contributed by atoms with Crippen LogP contribution in [0.3, 0.4) is 0 Å². The summed E-state index contributed by atoms with van der Waals surface area (Å²) in [5.74, 6) is 0. The third kappa shape index (κ3) is 2.76. The lowest BCUT2D eigenvalue weighted by Crippen LogP contribution is -1.94. The van der Waals surface area contributed by atoms with Gasteiger partial charge in [0.05, 0.1) is 22.1 Å². The van der Waals surface area contributed by atoms with Crippen molar-refractivity contribution >= 4 is 91.3 Å². The van der Waals surface area contributed by atoms with Crippen molar-refractivity contribution in [1.82, 2.24) is 8.97 Å². The molecule has 0 aliphatic carbocycles. The molecule has 2 nitrogen and oxygen atoms in total. The quantitative estimate of drug-likeness (QED) is 0.184. The van der Waals surface area contributed by atoms with Crippen LogP contribution in [0.15, 0.2) is 134 Å². The van der Waals surface area contributed by atoms with Gasteiger partial charge in [-0.25, -0.2) is 0 Å². The van der Waals surface area contributed by atoms with E-state index in [2.05, 4.69) is 143 Å². The van der Waals surface area contributed by atoms with Crippen LogP contribution >= 0.6 is 11.3 Å². The minimum absolute atomic E-state index is 1.18. The van der Waals surface area contributed by atoms with Crippen molar-refractivity contribution in [2.24, 2.45) is 0 Å². The van der Waals surface area contributed by atoms with Gasteiger partial charge in [-0.3, -0.25) is 0 Å². The fourth-order valence-electron chi connectivity index (χ4n) is 7.18. The maximum Gasteiger partial charge on any atom is 0.0613 e. The summed E-state index contributed by atoms with van der Waals surface area (Å²) >= 11 is 1.89. The normalized spacial score (nSPS) is 12.4. The highest BCUT2D eigenvalue weighted by Gasteiger charge is 2.20. The molecule has 0 bridgehead atoms. The highest BCUT2D eigenvalue weighted by Crippen LogP contribution is 2.45. The molecule has 4 aromatic heterocycles. The zero-order valence-electron chi connectivity index (χ0n) is 22.0. The molecule has 0 saturated carbocycles. The van der Waals surface area contributed by atoms with Crippen LogP contribution in [-0.2, 0) is 0 Å². The van der Waals surface area contributed by atoms with E-state index in [1.54, 1.807) is 0 Å². The number of benzene rings is 6. The molecular formula is C38H22N2S. The van der Waals surface area contributed by atoms with Gasteiger partial charge < -0.3 is 8.97 Å². The first-order valence-electron chi connectivity index (χ1n) is 14.0. The molecular weight excluding hydrogens is 516 g/mol. The Morgan fingerprint density at radius 3 is 2.10 bits per heavy atom. The van der Waals surface area contributed by atoms with Crippen LogP contribution in [-0.4, -0.2) is 8.97 Å². The number of para-hydroxylation sites is 2. The SMILES string of the molecule is c1ccc(-n2c3ccccc3c3c4c5cc6sc7ccccc7c6cc5n5cc6ccccc6c5c4ccc32)cc1. The predicted octanol–water partition coefficient (Wildman–Crippen LogP) is 10.9. The highest BCUT2D eigenvalue weighted by atomic mass is 32.1. The summed E-state index contributed by atoms with van der Waals surface area (Å²) in [6.45, 7) is 0.